The summed E-state index contributed by atoms with van der Waals surface area (Å²) in [6, 6.07) is 58.4. The van der Waals surface area contributed by atoms with Gasteiger partial charge in [0.05, 0.1) is 12.5 Å². The zero-order valence-electron chi connectivity index (χ0n) is 27.1. The first-order valence-corrected chi connectivity index (χ1v) is 17.1. The van der Waals surface area contributed by atoms with Crippen LogP contribution in [0.2, 0.25) is 0 Å². The van der Waals surface area contributed by atoms with Gasteiger partial charge in [-0.2, -0.15) is 0 Å². The summed E-state index contributed by atoms with van der Waals surface area (Å²) in [7, 11) is 0. The second-order valence-electron chi connectivity index (χ2n) is 13.6. The maximum absolute atomic E-state index is 16.0. The number of fused-ring (bicyclic) bond motifs is 15. The van der Waals surface area contributed by atoms with Gasteiger partial charge in [0.15, 0.2) is 5.41 Å². The lowest BCUT2D eigenvalue weighted by Crippen LogP contribution is -2.66. The van der Waals surface area contributed by atoms with Gasteiger partial charge in [0.25, 0.3) is 0 Å². The molecular weight excluding hydrogens is 604 g/mol. The molecule has 0 aromatic heterocycles. The van der Waals surface area contributed by atoms with Gasteiger partial charge >= 0.3 is 5.97 Å². The molecule has 0 unspecified atom stereocenters. The molecule has 0 aliphatic carbocycles. The number of benzene rings is 6. The standard InChI is InChI=1S/C45H34O4/c1-2-47-40(46)43-39(41(31-19-7-3-8-20-31)35-27-15-17-29-37(35)44(43,48-41)33-23-11-5-12-24-33)42(32-21-9-4-10-22-32)36-28-16-18-30-38(36)45(43,49-42)34-25-13-6-14-26-34/h3-30,39H,2H2,1H3/t39?,41-,42-,43?,44+,45+/m0/s1. The third-order valence-corrected chi connectivity index (χ3v) is 11.8. The van der Waals surface area contributed by atoms with Crippen molar-refractivity contribution in [1.29, 1.82) is 0 Å². The van der Waals surface area contributed by atoms with Gasteiger partial charge in [0.2, 0.25) is 0 Å². The Balaban J connectivity index is 1.51. The Labute approximate surface area is 285 Å². The minimum absolute atomic E-state index is 0.211. The Kier molecular flexibility index (Phi) is 5.79. The van der Waals surface area contributed by atoms with Crippen LogP contribution in [0.3, 0.4) is 0 Å². The summed E-state index contributed by atoms with van der Waals surface area (Å²) >= 11 is 0. The molecule has 4 atom stereocenters. The summed E-state index contributed by atoms with van der Waals surface area (Å²) in [4.78, 5) is 16.0. The van der Waals surface area contributed by atoms with E-state index in [4.69, 9.17) is 14.2 Å². The van der Waals surface area contributed by atoms with Crippen LogP contribution in [0.15, 0.2) is 170 Å². The van der Waals surface area contributed by atoms with Crippen molar-refractivity contribution in [2.45, 2.75) is 29.3 Å². The molecule has 4 heterocycles. The van der Waals surface area contributed by atoms with Crippen molar-refractivity contribution in [3.8, 4) is 0 Å². The van der Waals surface area contributed by atoms with E-state index in [0.29, 0.717) is 0 Å². The third kappa shape index (κ3) is 3.00. The SMILES string of the molecule is CCOC(=O)C12C([C@@]3(c4ccccc4)O[C@]1(c1ccccc1)c1ccccc13)[C@@]1(c3ccccc3)O[C@]2(c2ccccc2)c2ccccc21. The van der Waals surface area contributed by atoms with Gasteiger partial charge in [0, 0.05) is 0 Å². The van der Waals surface area contributed by atoms with E-state index in [0.717, 1.165) is 44.5 Å². The van der Waals surface area contributed by atoms with Crippen LogP contribution in [0, 0.1) is 11.3 Å². The number of rotatable bonds is 6. The number of carbonyl (C=O) groups is 1. The number of hydrogen-bond acceptors (Lipinski definition) is 4. The molecule has 6 aromatic rings. The molecule has 0 saturated carbocycles. The van der Waals surface area contributed by atoms with Crippen molar-refractivity contribution in [2.24, 2.45) is 11.3 Å². The largest absolute Gasteiger partial charge is 0.465 e. The number of ether oxygens (including phenoxy) is 3. The van der Waals surface area contributed by atoms with E-state index in [-0.39, 0.29) is 12.6 Å². The summed E-state index contributed by atoms with van der Waals surface area (Å²) in [6.45, 7) is 2.10. The minimum atomic E-state index is -1.44. The van der Waals surface area contributed by atoms with Crippen LogP contribution in [-0.4, -0.2) is 12.6 Å². The zero-order chi connectivity index (χ0) is 32.9. The van der Waals surface area contributed by atoms with E-state index < -0.39 is 33.7 Å². The lowest BCUT2D eigenvalue weighted by atomic mass is 9.40. The Bertz CT molecular complexity index is 2090. The Morgan fingerprint density at radius 1 is 0.490 bits per heavy atom. The highest BCUT2D eigenvalue weighted by Gasteiger charge is 2.96. The fourth-order valence-corrected chi connectivity index (χ4v) is 10.5. The predicted octanol–water partition coefficient (Wildman–Crippen LogP) is 8.61. The number of hydrogen-bond donors (Lipinski definition) is 0. The van der Waals surface area contributed by atoms with Gasteiger partial charge in [-0.1, -0.05) is 170 Å². The molecule has 2 fully saturated rings. The van der Waals surface area contributed by atoms with Gasteiger partial charge in [-0.25, -0.2) is 0 Å². The normalized spacial score (nSPS) is 31.2. The lowest BCUT2D eigenvalue weighted by Gasteiger charge is -2.55. The maximum atomic E-state index is 16.0. The summed E-state index contributed by atoms with van der Waals surface area (Å²) in [5.41, 5.74) is 1.47. The maximum Gasteiger partial charge on any atom is 0.320 e. The van der Waals surface area contributed by atoms with E-state index in [1.54, 1.807) is 0 Å². The first-order chi connectivity index (χ1) is 24.1. The van der Waals surface area contributed by atoms with E-state index in [2.05, 4.69) is 121 Å². The van der Waals surface area contributed by atoms with Crippen molar-refractivity contribution in [3.63, 3.8) is 0 Å². The smallest absolute Gasteiger partial charge is 0.320 e. The lowest BCUT2D eigenvalue weighted by molar-refractivity contribution is -0.193. The van der Waals surface area contributed by atoms with E-state index in [1.165, 1.54) is 0 Å². The average molecular weight is 639 g/mol. The summed E-state index contributed by atoms with van der Waals surface area (Å²) in [5.74, 6) is -0.922. The van der Waals surface area contributed by atoms with Gasteiger partial charge in [-0.05, 0) is 51.4 Å². The highest BCUT2D eigenvalue weighted by molar-refractivity contribution is 5.90. The molecule has 10 rings (SSSR count). The van der Waals surface area contributed by atoms with Gasteiger partial charge in [0.1, 0.15) is 22.4 Å². The molecule has 4 heteroatoms. The summed E-state index contributed by atoms with van der Waals surface area (Å²) in [6.07, 6.45) is 0. The fraction of sp³-hybridized carbons (Fsp3) is 0.178. The zero-order valence-corrected chi connectivity index (χ0v) is 27.1. The molecule has 0 spiro atoms. The topological polar surface area (TPSA) is 44.8 Å². The van der Waals surface area contributed by atoms with E-state index >= 15 is 4.79 Å². The quantitative estimate of drug-likeness (QED) is 0.171. The Morgan fingerprint density at radius 3 is 1.18 bits per heavy atom. The van der Waals surface area contributed by atoms with Crippen LogP contribution < -0.4 is 0 Å². The molecule has 4 nitrogen and oxygen atoms in total. The van der Waals surface area contributed by atoms with Crippen molar-refractivity contribution in [3.05, 3.63) is 214 Å². The van der Waals surface area contributed by atoms with Crippen LogP contribution in [0.4, 0.5) is 0 Å². The molecule has 0 amide bonds. The molecule has 0 radical (unpaired) electrons. The average Bonchev–Trinajstić information content (AvgIpc) is 3.87. The molecule has 4 aliphatic rings. The molecule has 238 valence electrons. The van der Waals surface area contributed by atoms with E-state index in [1.807, 2.05) is 55.5 Å². The van der Waals surface area contributed by atoms with Crippen molar-refractivity contribution in [2.75, 3.05) is 6.61 Å². The molecule has 49 heavy (non-hydrogen) atoms. The van der Waals surface area contributed by atoms with Crippen molar-refractivity contribution in [1.82, 2.24) is 0 Å². The van der Waals surface area contributed by atoms with Crippen LogP contribution >= 0.6 is 0 Å². The second-order valence-corrected chi connectivity index (χ2v) is 13.6. The number of carbonyl (C=O) groups excluding carboxylic acids is 1. The van der Waals surface area contributed by atoms with Crippen LogP contribution in [-0.2, 0) is 41.4 Å². The first-order valence-electron chi connectivity index (χ1n) is 17.1. The highest BCUT2D eigenvalue weighted by Crippen LogP contribution is 2.88. The van der Waals surface area contributed by atoms with Crippen molar-refractivity contribution >= 4 is 5.97 Å². The second kappa shape index (κ2) is 9.88. The Hall–Kier alpha value is -5.29. The van der Waals surface area contributed by atoms with Gasteiger partial charge < -0.3 is 14.2 Å². The molecule has 4 aliphatic heterocycles. The monoisotopic (exact) mass is 638 g/mol. The Morgan fingerprint density at radius 2 is 0.816 bits per heavy atom. The number of esters is 1. The molecule has 2 saturated heterocycles. The molecular formula is C45H34O4. The third-order valence-electron chi connectivity index (χ3n) is 11.8. The first kappa shape index (κ1) is 28.7. The minimum Gasteiger partial charge on any atom is -0.465 e. The van der Waals surface area contributed by atoms with E-state index in [9.17, 15) is 0 Å². The van der Waals surface area contributed by atoms with Gasteiger partial charge in [-0.3, -0.25) is 4.79 Å². The summed E-state index contributed by atoms with van der Waals surface area (Å²) < 4.78 is 22.5. The predicted molar refractivity (Wildman–Crippen MR) is 186 cm³/mol. The highest BCUT2D eigenvalue weighted by atomic mass is 16.6. The fourth-order valence-electron chi connectivity index (χ4n) is 10.5. The molecule has 6 aromatic carbocycles. The van der Waals surface area contributed by atoms with Gasteiger partial charge in [-0.15, -0.1) is 0 Å². The van der Waals surface area contributed by atoms with Crippen LogP contribution in [0.25, 0.3) is 0 Å². The van der Waals surface area contributed by atoms with Crippen LogP contribution in [0.5, 0.6) is 0 Å². The molecule has 4 bridgehead atoms. The molecule has 0 N–H and O–H groups in total. The van der Waals surface area contributed by atoms with Crippen molar-refractivity contribution < 1.29 is 19.0 Å². The summed E-state index contributed by atoms with van der Waals surface area (Å²) in [5, 5.41) is 0. The van der Waals surface area contributed by atoms with Crippen LogP contribution in [0.1, 0.15) is 51.4 Å².